The van der Waals surface area contributed by atoms with Crippen LogP contribution in [0.3, 0.4) is 0 Å². The Balaban J connectivity index is 2.53. The molecule has 1 nitrogen and oxygen atoms in total. The number of aliphatic hydroxyl groups excluding tert-OH is 1. The van der Waals surface area contributed by atoms with E-state index in [0.29, 0.717) is 5.02 Å². The van der Waals surface area contributed by atoms with E-state index in [0.717, 1.165) is 11.1 Å². The van der Waals surface area contributed by atoms with Gasteiger partial charge in [0.2, 0.25) is 0 Å². The Bertz CT molecular complexity index is 506. The molecule has 0 aliphatic carbocycles. The third-order valence-corrected chi connectivity index (χ3v) is 3.04. The molecule has 82 valence electrons. The molecule has 0 fully saturated rings. The van der Waals surface area contributed by atoms with Crippen LogP contribution in [0, 0.1) is 6.92 Å². The quantitative estimate of drug-likeness (QED) is 0.835. The SMILES string of the molecule is Cc1ccccc1-c1ccc(Cl)c(CO)c1. The lowest BCUT2D eigenvalue weighted by Gasteiger charge is -2.08. The van der Waals surface area contributed by atoms with Crippen molar-refractivity contribution in [1.29, 1.82) is 0 Å². The highest BCUT2D eigenvalue weighted by Gasteiger charge is 2.04. The van der Waals surface area contributed by atoms with Gasteiger partial charge in [0.05, 0.1) is 6.61 Å². The number of aliphatic hydroxyl groups is 1. The van der Waals surface area contributed by atoms with Gasteiger partial charge in [-0.2, -0.15) is 0 Å². The minimum atomic E-state index is -0.0292. The van der Waals surface area contributed by atoms with Gasteiger partial charge in [-0.3, -0.25) is 0 Å². The molecule has 16 heavy (non-hydrogen) atoms. The minimum absolute atomic E-state index is 0.0292. The van der Waals surface area contributed by atoms with Crippen molar-refractivity contribution in [2.24, 2.45) is 0 Å². The number of aryl methyl sites for hydroxylation is 1. The molecule has 2 heteroatoms. The van der Waals surface area contributed by atoms with E-state index in [-0.39, 0.29) is 6.61 Å². The van der Waals surface area contributed by atoms with Crippen LogP contribution in [-0.4, -0.2) is 5.11 Å². The number of benzene rings is 2. The molecule has 0 bridgehead atoms. The smallest absolute Gasteiger partial charge is 0.0696 e. The molecule has 2 aromatic rings. The molecule has 0 radical (unpaired) electrons. The summed E-state index contributed by atoms with van der Waals surface area (Å²) in [5, 5.41) is 9.79. The van der Waals surface area contributed by atoms with Gasteiger partial charge in [0.1, 0.15) is 0 Å². The van der Waals surface area contributed by atoms with Crippen molar-refractivity contribution in [3.05, 3.63) is 58.6 Å². The first-order valence-electron chi connectivity index (χ1n) is 5.17. The lowest BCUT2D eigenvalue weighted by atomic mass is 9.99. The van der Waals surface area contributed by atoms with Crippen LogP contribution in [0.15, 0.2) is 42.5 Å². The predicted octanol–water partition coefficient (Wildman–Crippen LogP) is 3.81. The normalized spacial score (nSPS) is 10.4. The van der Waals surface area contributed by atoms with Gasteiger partial charge in [0.25, 0.3) is 0 Å². The number of halogens is 1. The molecule has 2 aromatic carbocycles. The zero-order valence-electron chi connectivity index (χ0n) is 9.07. The first kappa shape index (κ1) is 11.2. The van der Waals surface area contributed by atoms with Gasteiger partial charge < -0.3 is 5.11 Å². The lowest BCUT2D eigenvalue weighted by Crippen LogP contribution is -1.88. The van der Waals surface area contributed by atoms with E-state index >= 15 is 0 Å². The maximum Gasteiger partial charge on any atom is 0.0696 e. The van der Waals surface area contributed by atoms with Crippen molar-refractivity contribution in [1.82, 2.24) is 0 Å². The second-order valence-electron chi connectivity index (χ2n) is 3.78. The van der Waals surface area contributed by atoms with E-state index in [1.54, 1.807) is 0 Å². The van der Waals surface area contributed by atoms with Crippen LogP contribution in [-0.2, 0) is 6.61 Å². The van der Waals surface area contributed by atoms with E-state index in [2.05, 4.69) is 19.1 Å². The molecule has 0 aliphatic rings. The molecule has 0 aliphatic heterocycles. The molecule has 0 saturated carbocycles. The average molecular weight is 233 g/mol. The van der Waals surface area contributed by atoms with Crippen LogP contribution in [0.2, 0.25) is 5.02 Å². The Morgan fingerprint density at radius 3 is 2.56 bits per heavy atom. The monoisotopic (exact) mass is 232 g/mol. The standard InChI is InChI=1S/C14H13ClO/c1-10-4-2-3-5-13(10)11-6-7-14(15)12(8-11)9-16/h2-8,16H,9H2,1H3. The van der Waals surface area contributed by atoms with Crippen molar-refractivity contribution in [2.75, 3.05) is 0 Å². The van der Waals surface area contributed by atoms with Gasteiger partial charge in [0, 0.05) is 5.02 Å². The maximum atomic E-state index is 9.17. The summed E-state index contributed by atoms with van der Waals surface area (Å²) < 4.78 is 0. The Hall–Kier alpha value is -1.31. The van der Waals surface area contributed by atoms with E-state index in [1.807, 2.05) is 30.3 Å². The zero-order chi connectivity index (χ0) is 11.5. The van der Waals surface area contributed by atoms with E-state index in [1.165, 1.54) is 11.1 Å². The van der Waals surface area contributed by atoms with Crippen molar-refractivity contribution in [3.63, 3.8) is 0 Å². The summed E-state index contributed by atoms with van der Waals surface area (Å²) in [6.07, 6.45) is 0. The number of rotatable bonds is 2. The molecule has 1 N–H and O–H groups in total. The second-order valence-corrected chi connectivity index (χ2v) is 4.19. The first-order chi connectivity index (χ1) is 7.72. The molecule has 0 heterocycles. The molecule has 0 atom stereocenters. The molecule has 0 aromatic heterocycles. The van der Waals surface area contributed by atoms with Crippen LogP contribution < -0.4 is 0 Å². The van der Waals surface area contributed by atoms with E-state index in [4.69, 9.17) is 11.6 Å². The highest BCUT2D eigenvalue weighted by atomic mass is 35.5. The summed E-state index contributed by atoms with van der Waals surface area (Å²) in [7, 11) is 0. The third kappa shape index (κ3) is 2.11. The largest absolute Gasteiger partial charge is 0.392 e. The Labute approximate surface area is 100 Å². The van der Waals surface area contributed by atoms with Crippen LogP contribution in [0.25, 0.3) is 11.1 Å². The average Bonchev–Trinajstić information content (AvgIpc) is 2.31. The Kier molecular flexibility index (Phi) is 3.28. The molecular weight excluding hydrogens is 220 g/mol. The number of hydrogen-bond donors (Lipinski definition) is 1. The van der Waals surface area contributed by atoms with E-state index < -0.39 is 0 Å². The summed E-state index contributed by atoms with van der Waals surface area (Å²) >= 11 is 5.96. The van der Waals surface area contributed by atoms with Crippen LogP contribution in [0.1, 0.15) is 11.1 Å². The molecule has 0 spiro atoms. The molecule has 0 amide bonds. The summed E-state index contributed by atoms with van der Waals surface area (Å²) in [6.45, 7) is 2.04. The lowest BCUT2D eigenvalue weighted by molar-refractivity contribution is 0.282. The summed E-state index contributed by atoms with van der Waals surface area (Å²) in [6, 6.07) is 13.9. The molecule has 0 unspecified atom stereocenters. The van der Waals surface area contributed by atoms with E-state index in [9.17, 15) is 5.11 Å². The molecule has 2 rings (SSSR count). The van der Waals surface area contributed by atoms with Gasteiger partial charge >= 0.3 is 0 Å². The summed E-state index contributed by atoms with van der Waals surface area (Å²) in [5.74, 6) is 0. The predicted molar refractivity (Wildman–Crippen MR) is 67.5 cm³/mol. The molecule has 0 saturated heterocycles. The fourth-order valence-corrected chi connectivity index (χ4v) is 1.94. The Morgan fingerprint density at radius 2 is 1.88 bits per heavy atom. The Morgan fingerprint density at radius 1 is 1.12 bits per heavy atom. The van der Waals surface area contributed by atoms with Crippen LogP contribution in [0.5, 0.6) is 0 Å². The van der Waals surface area contributed by atoms with Gasteiger partial charge in [-0.25, -0.2) is 0 Å². The fraction of sp³-hybridized carbons (Fsp3) is 0.143. The van der Waals surface area contributed by atoms with Gasteiger partial charge in [-0.15, -0.1) is 0 Å². The van der Waals surface area contributed by atoms with Crippen molar-refractivity contribution < 1.29 is 5.11 Å². The third-order valence-electron chi connectivity index (χ3n) is 2.67. The maximum absolute atomic E-state index is 9.17. The van der Waals surface area contributed by atoms with Crippen LogP contribution in [0.4, 0.5) is 0 Å². The van der Waals surface area contributed by atoms with Gasteiger partial charge in [-0.1, -0.05) is 41.9 Å². The highest BCUT2D eigenvalue weighted by Crippen LogP contribution is 2.27. The van der Waals surface area contributed by atoms with Crippen LogP contribution >= 0.6 is 11.6 Å². The first-order valence-corrected chi connectivity index (χ1v) is 5.55. The van der Waals surface area contributed by atoms with Gasteiger partial charge in [-0.05, 0) is 41.3 Å². The van der Waals surface area contributed by atoms with Crippen molar-refractivity contribution in [3.8, 4) is 11.1 Å². The summed E-state index contributed by atoms with van der Waals surface area (Å²) in [5.41, 5.74) is 4.25. The zero-order valence-corrected chi connectivity index (χ0v) is 9.83. The number of hydrogen-bond acceptors (Lipinski definition) is 1. The fourth-order valence-electron chi connectivity index (χ4n) is 1.76. The topological polar surface area (TPSA) is 20.2 Å². The minimum Gasteiger partial charge on any atom is -0.392 e. The summed E-state index contributed by atoms with van der Waals surface area (Å²) in [4.78, 5) is 0. The molecular formula is C14H13ClO. The van der Waals surface area contributed by atoms with Gasteiger partial charge in [0.15, 0.2) is 0 Å². The highest BCUT2D eigenvalue weighted by molar-refractivity contribution is 6.31. The second kappa shape index (κ2) is 4.69. The van der Waals surface area contributed by atoms with Crippen molar-refractivity contribution >= 4 is 11.6 Å². The van der Waals surface area contributed by atoms with Crippen molar-refractivity contribution in [2.45, 2.75) is 13.5 Å².